The maximum absolute atomic E-state index is 13.0. The van der Waals surface area contributed by atoms with E-state index >= 15 is 0 Å². The van der Waals surface area contributed by atoms with Crippen molar-refractivity contribution in [2.24, 2.45) is 0 Å². The average molecular weight is 185 g/mol. The van der Waals surface area contributed by atoms with E-state index in [0.717, 1.165) is 6.20 Å². The molecule has 72 valence electrons. The summed E-state index contributed by atoms with van der Waals surface area (Å²) in [4.78, 5) is 7.50. The highest BCUT2D eigenvalue weighted by atomic mass is 19.1. The normalized spacial score (nSPS) is 10.2. The van der Waals surface area contributed by atoms with Crippen LogP contribution in [0.1, 0.15) is 13.8 Å². The number of anilines is 1. The van der Waals surface area contributed by atoms with Crippen molar-refractivity contribution in [2.45, 2.75) is 20.0 Å². The van der Waals surface area contributed by atoms with Crippen LogP contribution in [0, 0.1) is 5.82 Å². The van der Waals surface area contributed by atoms with Gasteiger partial charge in [-0.3, -0.25) is 0 Å². The van der Waals surface area contributed by atoms with Gasteiger partial charge in [0.05, 0.1) is 12.3 Å². The lowest BCUT2D eigenvalue weighted by atomic mass is 10.5. The topological polar surface area (TPSA) is 47.0 Å². The van der Waals surface area contributed by atoms with Gasteiger partial charge in [0, 0.05) is 7.05 Å². The second kappa shape index (κ2) is 4.02. The van der Waals surface area contributed by atoms with Crippen LogP contribution in [0.3, 0.4) is 0 Å². The lowest BCUT2D eigenvalue weighted by Gasteiger charge is -2.09. The van der Waals surface area contributed by atoms with Crippen molar-refractivity contribution < 1.29 is 9.13 Å². The molecule has 0 saturated heterocycles. The van der Waals surface area contributed by atoms with E-state index in [2.05, 4.69) is 15.3 Å². The molecular formula is C8H12FN3O. The Bertz CT molecular complexity index is 291. The molecule has 0 aliphatic carbocycles. The van der Waals surface area contributed by atoms with E-state index in [9.17, 15) is 4.39 Å². The molecule has 0 aliphatic heterocycles. The number of nitrogens with zero attached hydrogens (tertiary/aromatic N) is 2. The van der Waals surface area contributed by atoms with Gasteiger partial charge in [-0.25, -0.2) is 4.98 Å². The number of rotatable bonds is 3. The average Bonchev–Trinajstić information content (AvgIpc) is 2.08. The third-order valence-corrected chi connectivity index (χ3v) is 1.28. The molecule has 0 bridgehead atoms. The van der Waals surface area contributed by atoms with Gasteiger partial charge in [-0.1, -0.05) is 0 Å². The Morgan fingerprint density at radius 1 is 1.54 bits per heavy atom. The fraction of sp³-hybridized carbons (Fsp3) is 0.500. The molecule has 0 amide bonds. The highest BCUT2D eigenvalue weighted by molar-refractivity contribution is 5.27. The number of nitrogens with one attached hydrogen (secondary N) is 1. The number of aromatic nitrogens is 2. The van der Waals surface area contributed by atoms with E-state index < -0.39 is 5.82 Å². The summed E-state index contributed by atoms with van der Waals surface area (Å²) in [5, 5.41) is 2.70. The summed E-state index contributed by atoms with van der Waals surface area (Å²) >= 11 is 0. The maximum atomic E-state index is 13.0. The summed E-state index contributed by atoms with van der Waals surface area (Å²) in [6, 6.07) is 0. The largest absolute Gasteiger partial charge is 0.473 e. The highest BCUT2D eigenvalue weighted by Crippen LogP contribution is 2.15. The summed E-state index contributed by atoms with van der Waals surface area (Å²) in [7, 11) is 1.66. The molecule has 0 unspecified atom stereocenters. The van der Waals surface area contributed by atoms with Gasteiger partial charge in [0.2, 0.25) is 11.8 Å². The minimum Gasteiger partial charge on any atom is -0.473 e. The van der Waals surface area contributed by atoms with Crippen molar-refractivity contribution in [3.8, 4) is 5.88 Å². The van der Waals surface area contributed by atoms with Crippen LogP contribution < -0.4 is 10.1 Å². The number of hydrogen-bond donors (Lipinski definition) is 1. The molecule has 1 rings (SSSR count). The lowest BCUT2D eigenvalue weighted by Crippen LogP contribution is -2.10. The van der Waals surface area contributed by atoms with Gasteiger partial charge in [-0.05, 0) is 13.8 Å². The van der Waals surface area contributed by atoms with Crippen molar-refractivity contribution in [1.82, 2.24) is 9.97 Å². The number of hydrogen-bond acceptors (Lipinski definition) is 4. The molecule has 0 fully saturated rings. The fourth-order valence-corrected chi connectivity index (χ4v) is 0.778. The molecule has 1 N–H and O–H groups in total. The Hall–Kier alpha value is -1.39. The molecule has 13 heavy (non-hydrogen) atoms. The lowest BCUT2D eigenvalue weighted by molar-refractivity contribution is 0.220. The summed E-state index contributed by atoms with van der Waals surface area (Å²) in [5.41, 5.74) is 0. The quantitative estimate of drug-likeness (QED) is 0.774. The summed E-state index contributed by atoms with van der Waals surface area (Å²) < 4.78 is 18.1. The standard InChI is InChI=1S/C8H12FN3O/c1-5(2)13-7-6(9)4-11-8(10-3)12-7/h4-5H,1-3H3,(H,10,11,12). The van der Waals surface area contributed by atoms with Gasteiger partial charge in [0.1, 0.15) is 0 Å². The van der Waals surface area contributed by atoms with Gasteiger partial charge >= 0.3 is 0 Å². The molecule has 0 saturated carbocycles. The van der Waals surface area contributed by atoms with Crippen LogP contribution in [0.4, 0.5) is 10.3 Å². The van der Waals surface area contributed by atoms with E-state index in [1.165, 1.54) is 0 Å². The summed E-state index contributed by atoms with van der Waals surface area (Å²) in [6.45, 7) is 3.61. The minimum atomic E-state index is -0.548. The Morgan fingerprint density at radius 2 is 2.23 bits per heavy atom. The van der Waals surface area contributed by atoms with Crippen molar-refractivity contribution in [3.63, 3.8) is 0 Å². The van der Waals surface area contributed by atoms with Crippen molar-refractivity contribution >= 4 is 5.95 Å². The Kier molecular flexibility index (Phi) is 3.00. The van der Waals surface area contributed by atoms with Gasteiger partial charge in [0.15, 0.2) is 0 Å². The van der Waals surface area contributed by atoms with Crippen molar-refractivity contribution in [3.05, 3.63) is 12.0 Å². The van der Waals surface area contributed by atoms with Crippen LogP contribution in [0.2, 0.25) is 0 Å². The van der Waals surface area contributed by atoms with E-state index in [0.29, 0.717) is 5.95 Å². The SMILES string of the molecule is CNc1ncc(F)c(OC(C)C)n1. The van der Waals surface area contributed by atoms with Crippen LogP contribution in [-0.2, 0) is 0 Å². The fourth-order valence-electron chi connectivity index (χ4n) is 0.778. The zero-order chi connectivity index (χ0) is 9.84. The summed E-state index contributed by atoms with van der Waals surface area (Å²) in [5.74, 6) is -0.223. The van der Waals surface area contributed by atoms with Gasteiger partial charge in [-0.15, -0.1) is 0 Å². The molecule has 0 radical (unpaired) electrons. The Morgan fingerprint density at radius 3 is 2.77 bits per heavy atom. The van der Waals surface area contributed by atoms with Crippen LogP contribution in [0.15, 0.2) is 6.20 Å². The monoisotopic (exact) mass is 185 g/mol. The zero-order valence-electron chi connectivity index (χ0n) is 7.84. The maximum Gasteiger partial charge on any atom is 0.255 e. The summed E-state index contributed by atoms with van der Waals surface area (Å²) in [6.07, 6.45) is 0.977. The second-order valence-electron chi connectivity index (χ2n) is 2.76. The number of ether oxygens (including phenoxy) is 1. The smallest absolute Gasteiger partial charge is 0.255 e. The van der Waals surface area contributed by atoms with Crippen molar-refractivity contribution in [1.29, 1.82) is 0 Å². The third-order valence-electron chi connectivity index (χ3n) is 1.28. The zero-order valence-corrected chi connectivity index (χ0v) is 7.84. The number of halogens is 1. The first kappa shape index (κ1) is 9.70. The first-order valence-corrected chi connectivity index (χ1v) is 4.00. The molecule has 1 aromatic rings. The molecule has 1 aromatic heterocycles. The molecule has 1 heterocycles. The third kappa shape index (κ3) is 2.54. The molecular weight excluding hydrogens is 173 g/mol. The van der Waals surface area contributed by atoms with E-state index in [1.807, 2.05) is 0 Å². The Balaban J connectivity index is 2.90. The van der Waals surface area contributed by atoms with Crippen molar-refractivity contribution in [2.75, 3.05) is 12.4 Å². The molecule has 0 atom stereocenters. The molecule has 0 aliphatic rings. The molecule has 4 nitrogen and oxygen atoms in total. The Labute approximate surface area is 76.2 Å². The van der Waals surface area contributed by atoms with Crippen LogP contribution >= 0.6 is 0 Å². The first-order chi connectivity index (χ1) is 6.13. The van der Waals surface area contributed by atoms with Gasteiger partial charge < -0.3 is 10.1 Å². The molecule has 5 heteroatoms. The van der Waals surface area contributed by atoms with E-state index in [-0.39, 0.29) is 12.0 Å². The van der Waals surface area contributed by atoms with E-state index in [4.69, 9.17) is 4.74 Å². The molecule has 0 aromatic carbocycles. The second-order valence-corrected chi connectivity index (χ2v) is 2.76. The highest BCUT2D eigenvalue weighted by Gasteiger charge is 2.08. The predicted octanol–water partition coefficient (Wildman–Crippen LogP) is 1.44. The van der Waals surface area contributed by atoms with Gasteiger partial charge in [0.25, 0.3) is 5.88 Å². The minimum absolute atomic E-state index is 0.0191. The van der Waals surface area contributed by atoms with Crippen LogP contribution in [-0.4, -0.2) is 23.1 Å². The van der Waals surface area contributed by atoms with E-state index in [1.54, 1.807) is 20.9 Å². The van der Waals surface area contributed by atoms with Crippen LogP contribution in [0.5, 0.6) is 5.88 Å². The van der Waals surface area contributed by atoms with Gasteiger partial charge in [-0.2, -0.15) is 9.37 Å². The predicted molar refractivity (Wildman–Crippen MR) is 47.3 cm³/mol. The molecule has 0 spiro atoms. The van der Waals surface area contributed by atoms with Crippen LogP contribution in [0.25, 0.3) is 0 Å². The first-order valence-electron chi connectivity index (χ1n) is 4.00.